The van der Waals surface area contributed by atoms with E-state index in [1.165, 1.54) is 11.3 Å². The fraction of sp³-hybridized carbons (Fsp3) is 0.583. The van der Waals surface area contributed by atoms with E-state index < -0.39 is 24.0 Å². The van der Waals surface area contributed by atoms with Crippen LogP contribution in [0.15, 0.2) is 15.7 Å². The van der Waals surface area contributed by atoms with Crippen LogP contribution in [0.4, 0.5) is 4.39 Å². The summed E-state index contributed by atoms with van der Waals surface area (Å²) in [6, 6.07) is 0. The lowest BCUT2D eigenvalue weighted by atomic mass is 9.85. The highest BCUT2D eigenvalue weighted by atomic mass is 79.9. The minimum Gasteiger partial charge on any atom is -0.398 e. The van der Waals surface area contributed by atoms with Gasteiger partial charge in [-0.3, -0.25) is 0 Å². The summed E-state index contributed by atoms with van der Waals surface area (Å²) in [5.41, 5.74) is -1.05. The van der Waals surface area contributed by atoms with E-state index in [4.69, 9.17) is 9.31 Å². The Labute approximate surface area is 125 Å². The van der Waals surface area contributed by atoms with Crippen LogP contribution in [0.2, 0.25) is 0 Å². The van der Waals surface area contributed by atoms with Crippen molar-refractivity contribution in [3.05, 3.63) is 20.7 Å². The molecule has 0 spiro atoms. The maximum Gasteiger partial charge on any atom is 0.525 e. The monoisotopic (exact) mass is 347 g/mol. The lowest BCUT2D eigenvalue weighted by Gasteiger charge is -2.32. The van der Waals surface area contributed by atoms with E-state index in [0.717, 1.165) is 3.79 Å². The molecule has 0 N–H and O–H groups in total. The molecular weight excluding hydrogens is 332 g/mol. The van der Waals surface area contributed by atoms with Gasteiger partial charge in [0.15, 0.2) is 0 Å². The summed E-state index contributed by atoms with van der Waals surface area (Å²) in [7, 11) is -0.965. The number of rotatable bonds is 2. The van der Waals surface area contributed by atoms with Crippen LogP contribution in [-0.2, 0) is 9.31 Å². The molecule has 19 heavy (non-hydrogen) atoms. The SMILES string of the molecule is CC(=C(F)B1OC(C)(C)C(C)(C)O1)c1ncc(Br)s1. The molecule has 0 aliphatic carbocycles. The van der Waals surface area contributed by atoms with Crippen molar-refractivity contribution in [3.63, 3.8) is 0 Å². The Bertz CT molecular complexity index is 514. The first-order chi connectivity index (χ1) is 8.64. The average Bonchev–Trinajstić information content (AvgIpc) is 2.79. The Morgan fingerprint density at radius 1 is 1.32 bits per heavy atom. The van der Waals surface area contributed by atoms with Gasteiger partial charge in [0.05, 0.1) is 21.2 Å². The summed E-state index contributed by atoms with van der Waals surface area (Å²) in [5.74, 6) is 0. The average molecular weight is 348 g/mol. The van der Waals surface area contributed by atoms with Crippen molar-refractivity contribution in [1.82, 2.24) is 4.98 Å². The molecular formula is C12H16BBrFNO2S. The number of aromatic nitrogens is 1. The van der Waals surface area contributed by atoms with E-state index in [1.54, 1.807) is 13.1 Å². The highest BCUT2D eigenvalue weighted by Crippen LogP contribution is 2.40. The van der Waals surface area contributed by atoms with E-state index in [0.29, 0.717) is 10.6 Å². The fourth-order valence-corrected chi connectivity index (χ4v) is 2.86. The summed E-state index contributed by atoms with van der Waals surface area (Å²) in [6.07, 6.45) is 1.65. The molecule has 0 bridgehead atoms. The van der Waals surface area contributed by atoms with Crippen molar-refractivity contribution >= 4 is 40.0 Å². The second-order valence-electron chi connectivity index (χ2n) is 5.53. The van der Waals surface area contributed by atoms with Crippen molar-refractivity contribution in [3.8, 4) is 0 Å². The lowest BCUT2D eigenvalue weighted by Crippen LogP contribution is -2.41. The summed E-state index contributed by atoms with van der Waals surface area (Å²) in [5, 5.41) is 0.624. The van der Waals surface area contributed by atoms with Crippen LogP contribution < -0.4 is 0 Å². The largest absolute Gasteiger partial charge is 0.525 e. The maximum absolute atomic E-state index is 14.5. The molecule has 1 aliphatic rings. The van der Waals surface area contributed by atoms with Crippen molar-refractivity contribution in [1.29, 1.82) is 0 Å². The highest BCUT2D eigenvalue weighted by Gasteiger charge is 2.53. The van der Waals surface area contributed by atoms with Crippen LogP contribution >= 0.6 is 27.3 Å². The Kier molecular flexibility index (Phi) is 3.95. The second kappa shape index (κ2) is 4.95. The number of allylic oxidation sites excluding steroid dienone is 1. The normalized spacial score (nSPS) is 22.6. The molecule has 0 amide bonds. The molecule has 2 heterocycles. The molecule has 2 rings (SSSR count). The summed E-state index contributed by atoms with van der Waals surface area (Å²) in [6.45, 7) is 9.28. The third-order valence-corrected chi connectivity index (χ3v) is 5.21. The quantitative estimate of drug-likeness (QED) is 0.750. The molecule has 0 saturated carbocycles. The molecule has 7 heteroatoms. The zero-order valence-corrected chi connectivity index (χ0v) is 14.0. The molecule has 1 fully saturated rings. The van der Waals surface area contributed by atoms with Crippen molar-refractivity contribution < 1.29 is 13.7 Å². The minimum atomic E-state index is -0.965. The van der Waals surface area contributed by atoms with E-state index in [-0.39, 0.29) is 0 Å². The smallest absolute Gasteiger partial charge is 0.398 e. The van der Waals surface area contributed by atoms with E-state index in [9.17, 15) is 4.39 Å². The van der Waals surface area contributed by atoms with E-state index >= 15 is 0 Å². The van der Waals surface area contributed by atoms with E-state index in [2.05, 4.69) is 20.9 Å². The zero-order chi connectivity index (χ0) is 14.4. The van der Waals surface area contributed by atoms with Crippen LogP contribution in [0, 0.1) is 0 Å². The van der Waals surface area contributed by atoms with Crippen molar-refractivity contribution in [2.24, 2.45) is 0 Å². The van der Waals surface area contributed by atoms with Crippen LogP contribution in [0.1, 0.15) is 39.6 Å². The minimum absolute atomic E-state index is 0.416. The maximum atomic E-state index is 14.5. The summed E-state index contributed by atoms with van der Waals surface area (Å²) >= 11 is 4.70. The van der Waals surface area contributed by atoms with Crippen molar-refractivity contribution in [2.75, 3.05) is 0 Å². The predicted molar refractivity (Wildman–Crippen MR) is 79.6 cm³/mol. The molecule has 0 unspecified atom stereocenters. The van der Waals surface area contributed by atoms with Crippen LogP contribution in [0.25, 0.3) is 5.57 Å². The number of halogens is 2. The summed E-state index contributed by atoms with van der Waals surface area (Å²) in [4.78, 5) is 4.14. The van der Waals surface area contributed by atoms with Gasteiger partial charge in [-0.15, -0.1) is 11.3 Å². The Hall–Kier alpha value is -0.235. The predicted octanol–water partition coefficient (Wildman–Crippen LogP) is 4.24. The van der Waals surface area contributed by atoms with Gasteiger partial charge in [-0.2, -0.15) is 0 Å². The van der Waals surface area contributed by atoms with Crippen LogP contribution in [-0.4, -0.2) is 23.3 Å². The highest BCUT2D eigenvalue weighted by molar-refractivity contribution is 9.11. The first kappa shape index (κ1) is 15.2. The van der Waals surface area contributed by atoms with Gasteiger partial charge in [0.1, 0.15) is 10.7 Å². The molecule has 0 atom stereocenters. The Morgan fingerprint density at radius 2 is 1.84 bits per heavy atom. The van der Waals surface area contributed by atoms with Gasteiger partial charge in [-0.25, -0.2) is 9.37 Å². The Balaban J connectivity index is 2.28. The molecule has 3 nitrogen and oxygen atoms in total. The van der Waals surface area contributed by atoms with Crippen LogP contribution in [0.3, 0.4) is 0 Å². The summed E-state index contributed by atoms with van der Waals surface area (Å²) < 4.78 is 26.7. The number of nitrogens with zero attached hydrogens (tertiary/aromatic N) is 1. The van der Waals surface area contributed by atoms with Gasteiger partial charge in [-0.05, 0) is 50.5 Å². The van der Waals surface area contributed by atoms with Crippen LogP contribution in [0.5, 0.6) is 0 Å². The number of hydrogen-bond donors (Lipinski definition) is 0. The molecule has 1 aromatic rings. The van der Waals surface area contributed by atoms with Crippen molar-refractivity contribution in [2.45, 2.75) is 45.8 Å². The standard InChI is InChI=1S/C12H16BBrFNO2S/c1-7(10-16-6-8(14)19-10)9(15)13-17-11(2,3)12(4,5)18-13/h6H,1-5H3. The molecule has 1 saturated heterocycles. The van der Waals surface area contributed by atoms with Gasteiger partial charge in [0.25, 0.3) is 0 Å². The first-order valence-corrected chi connectivity index (χ1v) is 7.58. The third kappa shape index (κ3) is 2.79. The van der Waals surface area contributed by atoms with Gasteiger partial charge >= 0.3 is 7.12 Å². The van der Waals surface area contributed by atoms with Gasteiger partial charge in [0.2, 0.25) is 0 Å². The molecule has 1 aromatic heterocycles. The Morgan fingerprint density at radius 3 is 2.26 bits per heavy atom. The first-order valence-electron chi connectivity index (χ1n) is 5.98. The topological polar surface area (TPSA) is 31.4 Å². The lowest BCUT2D eigenvalue weighted by molar-refractivity contribution is 0.00578. The molecule has 0 radical (unpaired) electrons. The third-order valence-electron chi connectivity index (χ3n) is 3.62. The number of thiazole rings is 1. The molecule has 0 aromatic carbocycles. The van der Waals surface area contributed by atoms with Gasteiger partial charge in [0, 0.05) is 5.57 Å². The van der Waals surface area contributed by atoms with Gasteiger partial charge < -0.3 is 9.31 Å². The van der Waals surface area contributed by atoms with Gasteiger partial charge in [-0.1, -0.05) is 0 Å². The fourth-order valence-electron chi connectivity index (χ4n) is 1.65. The number of hydrogen-bond acceptors (Lipinski definition) is 4. The zero-order valence-electron chi connectivity index (χ0n) is 11.6. The second-order valence-corrected chi connectivity index (χ2v) is 7.94. The van der Waals surface area contributed by atoms with E-state index in [1.807, 2.05) is 27.7 Å². The molecule has 104 valence electrons. The molecule has 1 aliphatic heterocycles.